The van der Waals surface area contributed by atoms with E-state index >= 15 is 0 Å². The highest BCUT2D eigenvalue weighted by Crippen LogP contribution is 2.19. The largest absolute Gasteiger partial charge is 0.409 e. The summed E-state index contributed by atoms with van der Waals surface area (Å²) in [6, 6.07) is 1.48. The molecule has 0 saturated heterocycles. The molecular formula is C7H6N8O. The molecule has 16 heavy (non-hydrogen) atoms. The molecule has 4 N–H and O–H groups in total. The van der Waals surface area contributed by atoms with Crippen LogP contribution in [0.3, 0.4) is 0 Å². The number of nitrogens with one attached hydrogen (secondary N) is 1. The van der Waals surface area contributed by atoms with Crippen LogP contribution in [0.25, 0.3) is 16.7 Å². The van der Waals surface area contributed by atoms with E-state index in [1.807, 2.05) is 0 Å². The van der Waals surface area contributed by atoms with Crippen molar-refractivity contribution in [3.63, 3.8) is 0 Å². The van der Waals surface area contributed by atoms with Gasteiger partial charge in [0.2, 0.25) is 5.65 Å². The summed E-state index contributed by atoms with van der Waals surface area (Å²) >= 11 is 0. The highest BCUT2D eigenvalue weighted by Gasteiger charge is 2.14. The molecule has 0 bridgehead atoms. The second-order valence-corrected chi connectivity index (χ2v) is 3.13. The van der Waals surface area contributed by atoms with Gasteiger partial charge in [-0.2, -0.15) is 4.52 Å². The highest BCUT2D eigenvalue weighted by molar-refractivity contribution is 5.97. The Balaban J connectivity index is 2.68. The number of hydrogen-bond donors (Lipinski definition) is 3. The minimum Gasteiger partial charge on any atom is -0.409 e. The first-order valence-corrected chi connectivity index (χ1v) is 4.31. The summed E-state index contributed by atoms with van der Waals surface area (Å²) in [5.41, 5.74) is 6.37. The third-order valence-corrected chi connectivity index (χ3v) is 2.20. The van der Waals surface area contributed by atoms with Crippen LogP contribution in [-0.2, 0) is 0 Å². The smallest absolute Gasteiger partial charge is 0.211 e. The summed E-state index contributed by atoms with van der Waals surface area (Å²) < 4.78 is 1.27. The van der Waals surface area contributed by atoms with Gasteiger partial charge >= 0.3 is 0 Å². The average Bonchev–Trinajstić information content (AvgIpc) is 2.64. The molecule has 80 valence electrons. The zero-order valence-electron chi connectivity index (χ0n) is 7.86. The molecule has 0 aliphatic heterocycles. The fourth-order valence-corrected chi connectivity index (χ4v) is 1.47. The van der Waals surface area contributed by atoms with Crippen molar-refractivity contribution in [1.29, 1.82) is 5.41 Å². The second-order valence-electron chi connectivity index (χ2n) is 3.13. The normalized spacial score (nSPS) is 11.2. The van der Waals surface area contributed by atoms with Crippen LogP contribution in [0.2, 0.25) is 0 Å². The maximum Gasteiger partial charge on any atom is 0.211 e. The Kier molecular flexibility index (Phi) is 1.42. The van der Waals surface area contributed by atoms with E-state index in [0.29, 0.717) is 15.9 Å². The van der Waals surface area contributed by atoms with E-state index < -0.39 is 0 Å². The van der Waals surface area contributed by atoms with Gasteiger partial charge in [0.15, 0.2) is 11.5 Å². The summed E-state index contributed by atoms with van der Waals surface area (Å²) in [6.07, 6.45) is 1.46. The molecule has 0 aliphatic carbocycles. The average molecular weight is 218 g/mol. The lowest BCUT2D eigenvalue weighted by molar-refractivity contribution is 0.143. The van der Waals surface area contributed by atoms with Crippen LogP contribution in [-0.4, -0.2) is 35.0 Å². The van der Waals surface area contributed by atoms with E-state index in [1.54, 1.807) is 0 Å². The van der Waals surface area contributed by atoms with Crippen molar-refractivity contribution in [2.45, 2.75) is 0 Å². The molecule has 9 nitrogen and oxygen atoms in total. The third-order valence-electron chi connectivity index (χ3n) is 2.20. The molecule has 3 aromatic heterocycles. The Hall–Kier alpha value is -2.71. The highest BCUT2D eigenvalue weighted by atomic mass is 16.5. The van der Waals surface area contributed by atoms with Crippen molar-refractivity contribution in [3.8, 4) is 0 Å². The molecule has 0 saturated carbocycles. The number of rotatable bonds is 0. The Bertz CT molecular complexity index is 756. The quantitative estimate of drug-likeness (QED) is 0.405. The number of hydrogen-bond acceptors (Lipinski definition) is 7. The van der Waals surface area contributed by atoms with Gasteiger partial charge in [-0.05, 0) is 5.21 Å². The van der Waals surface area contributed by atoms with Crippen LogP contribution in [0.4, 0.5) is 5.82 Å². The number of anilines is 1. The van der Waals surface area contributed by atoms with Crippen LogP contribution in [0, 0.1) is 5.41 Å². The van der Waals surface area contributed by atoms with Gasteiger partial charge in [0.05, 0.1) is 0 Å². The summed E-state index contributed by atoms with van der Waals surface area (Å²) in [5, 5.41) is 28.3. The van der Waals surface area contributed by atoms with E-state index in [4.69, 9.17) is 11.1 Å². The van der Waals surface area contributed by atoms with Gasteiger partial charge in [0.1, 0.15) is 10.9 Å². The molecule has 0 fully saturated rings. The van der Waals surface area contributed by atoms with Crippen molar-refractivity contribution in [2.24, 2.45) is 0 Å². The zero-order chi connectivity index (χ0) is 11.3. The molecule has 0 aromatic carbocycles. The first-order valence-electron chi connectivity index (χ1n) is 4.31. The van der Waals surface area contributed by atoms with Crippen LogP contribution in [0.5, 0.6) is 0 Å². The molecule has 0 amide bonds. The van der Waals surface area contributed by atoms with E-state index in [0.717, 1.165) is 0 Å². The Morgan fingerprint density at radius 2 is 2.25 bits per heavy atom. The van der Waals surface area contributed by atoms with Gasteiger partial charge in [-0.25, -0.2) is 4.98 Å². The van der Waals surface area contributed by atoms with Gasteiger partial charge in [-0.3, -0.25) is 5.41 Å². The SMILES string of the molecule is N=c1ccnc2c3c(N)n(O)nnc3nn12. The fraction of sp³-hybridized carbons (Fsp3) is 0. The number of nitrogens with zero attached hydrogens (tertiary/aromatic N) is 6. The minimum absolute atomic E-state index is 0.0156. The Morgan fingerprint density at radius 3 is 3.06 bits per heavy atom. The van der Waals surface area contributed by atoms with Gasteiger partial charge in [0.25, 0.3) is 0 Å². The number of aromatic nitrogens is 6. The van der Waals surface area contributed by atoms with E-state index in [2.05, 4.69) is 20.4 Å². The van der Waals surface area contributed by atoms with E-state index in [-0.39, 0.29) is 17.0 Å². The second kappa shape index (κ2) is 2.66. The lowest BCUT2D eigenvalue weighted by Crippen LogP contribution is -2.12. The van der Waals surface area contributed by atoms with Gasteiger partial charge < -0.3 is 10.9 Å². The van der Waals surface area contributed by atoms with Gasteiger partial charge in [-0.1, -0.05) is 4.85 Å². The van der Waals surface area contributed by atoms with Gasteiger partial charge in [-0.15, -0.1) is 10.2 Å². The topological polar surface area (TPSA) is 131 Å². The molecule has 0 unspecified atom stereocenters. The zero-order valence-corrected chi connectivity index (χ0v) is 7.86. The molecular weight excluding hydrogens is 212 g/mol. The molecule has 0 spiro atoms. The first kappa shape index (κ1) is 8.59. The van der Waals surface area contributed by atoms with Crippen molar-refractivity contribution < 1.29 is 5.21 Å². The predicted octanol–water partition coefficient (Wildman–Crippen LogP) is -1.23. The van der Waals surface area contributed by atoms with Crippen molar-refractivity contribution in [3.05, 3.63) is 17.8 Å². The Labute approximate surface area is 87.2 Å². The maximum atomic E-state index is 9.27. The lowest BCUT2D eigenvalue weighted by atomic mass is 10.4. The van der Waals surface area contributed by atoms with Crippen molar-refractivity contribution >= 4 is 22.5 Å². The number of fused-ring (bicyclic) bond motifs is 3. The van der Waals surface area contributed by atoms with Crippen LogP contribution >= 0.6 is 0 Å². The predicted molar refractivity (Wildman–Crippen MR) is 51.5 cm³/mol. The van der Waals surface area contributed by atoms with Crippen LogP contribution < -0.4 is 11.2 Å². The molecule has 3 aromatic rings. The maximum absolute atomic E-state index is 9.27. The fourth-order valence-electron chi connectivity index (χ4n) is 1.47. The number of nitrogen functional groups attached to an aromatic ring is 1. The standard InChI is InChI=1S/C7H6N8O/c8-3-1-2-10-7-4-5(9)15(16)13-11-6(4)12-14(3)7/h1-2,8,16H,9H2. The van der Waals surface area contributed by atoms with E-state index in [9.17, 15) is 5.21 Å². The lowest BCUT2D eigenvalue weighted by Gasteiger charge is -1.98. The first-order chi connectivity index (χ1) is 7.68. The van der Waals surface area contributed by atoms with Crippen LogP contribution in [0.15, 0.2) is 12.3 Å². The molecule has 0 radical (unpaired) electrons. The summed E-state index contributed by atoms with van der Waals surface area (Å²) in [4.78, 5) is 4.49. The summed E-state index contributed by atoms with van der Waals surface area (Å²) in [5.74, 6) is -0.0156. The van der Waals surface area contributed by atoms with Gasteiger partial charge in [0, 0.05) is 12.3 Å². The Morgan fingerprint density at radius 1 is 1.44 bits per heavy atom. The third kappa shape index (κ3) is 0.908. The van der Waals surface area contributed by atoms with Crippen LogP contribution in [0.1, 0.15) is 0 Å². The minimum atomic E-state index is -0.0156. The molecule has 3 heterocycles. The molecule has 0 atom stereocenters. The summed E-state index contributed by atoms with van der Waals surface area (Å²) in [7, 11) is 0. The number of nitrogens with two attached hydrogens (primary N) is 1. The summed E-state index contributed by atoms with van der Waals surface area (Å²) in [6.45, 7) is 0. The van der Waals surface area contributed by atoms with Crippen molar-refractivity contribution in [1.82, 2.24) is 29.8 Å². The van der Waals surface area contributed by atoms with E-state index in [1.165, 1.54) is 16.8 Å². The molecule has 0 aliphatic rings. The monoisotopic (exact) mass is 218 g/mol. The van der Waals surface area contributed by atoms with Crippen molar-refractivity contribution in [2.75, 3.05) is 5.73 Å². The molecule has 3 rings (SSSR count). The molecule has 9 heteroatoms.